The van der Waals surface area contributed by atoms with E-state index in [-0.39, 0.29) is 5.56 Å². The van der Waals surface area contributed by atoms with Crippen molar-refractivity contribution >= 4 is 22.5 Å². The molecule has 4 nitrogen and oxygen atoms in total. The molecule has 0 amide bonds. The van der Waals surface area contributed by atoms with Crippen LogP contribution in [0.5, 0.6) is 0 Å². The third-order valence-corrected chi connectivity index (χ3v) is 3.85. The van der Waals surface area contributed by atoms with Gasteiger partial charge in [-0.2, -0.15) is 5.26 Å². The molecule has 1 heterocycles. The molecule has 23 heavy (non-hydrogen) atoms. The molecule has 0 saturated carbocycles. The normalized spacial score (nSPS) is 10.6. The largest absolute Gasteiger partial charge is 0.322 e. The van der Waals surface area contributed by atoms with Crippen LogP contribution >= 0.6 is 11.6 Å². The second-order valence-corrected chi connectivity index (χ2v) is 5.70. The Labute approximate surface area is 138 Å². The maximum Gasteiger partial charge on any atom is 0.252 e. The molecule has 3 aromatic rings. The van der Waals surface area contributed by atoms with Gasteiger partial charge in [0.15, 0.2) is 0 Å². The van der Waals surface area contributed by atoms with Crippen LogP contribution in [0, 0.1) is 11.3 Å². The molecule has 0 bridgehead atoms. The van der Waals surface area contributed by atoms with Gasteiger partial charge in [0.1, 0.15) is 0 Å². The molecule has 0 saturated heterocycles. The Balaban J connectivity index is 1.72. The van der Waals surface area contributed by atoms with Crippen LogP contribution in [0.4, 0.5) is 0 Å². The van der Waals surface area contributed by atoms with Crippen molar-refractivity contribution < 1.29 is 0 Å². The van der Waals surface area contributed by atoms with Crippen molar-refractivity contribution in [1.29, 1.82) is 5.26 Å². The summed E-state index contributed by atoms with van der Waals surface area (Å²) in [5, 5.41) is 13.6. The van der Waals surface area contributed by atoms with Crippen LogP contribution in [0.3, 0.4) is 0 Å². The van der Waals surface area contributed by atoms with Gasteiger partial charge in [-0.1, -0.05) is 23.7 Å². The second-order valence-electron chi connectivity index (χ2n) is 5.27. The second kappa shape index (κ2) is 6.66. The van der Waals surface area contributed by atoms with E-state index in [1.165, 1.54) is 0 Å². The average molecular weight is 324 g/mol. The number of fused-ring (bicyclic) bond motifs is 1. The summed E-state index contributed by atoms with van der Waals surface area (Å²) in [4.78, 5) is 14.9. The summed E-state index contributed by atoms with van der Waals surface area (Å²) in [6.07, 6.45) is 0. The van der Waals surface area contributed by atoms with Gasteiger partial charge in [0.05, 0.1) is 11.6 Å². The summed E-state index contributed by atoms with van der Waals surface area (Å²) < 4.78 is 0. The van der Waals surface area contributed by atoms with E-state index in [1.807, 2.05) is 24.3 Å². The number of benzene rings is 2. The molecular formula is C18H14ClN3O. The summed E-state index contributed by atoms with van der Waals surface area (Å²) in [5.74, 6) is 0. The lowest BCUT2D eigenvalue weighted by atomic mass is 10.1. The van der Waals surface area contributed by atoms with E-state index in [2.05, 4.69) is 16.4 Å². The molecule has 0 atom stereocenters. The lowest BCUT2D eigenvalue weighted by Gasteiger charge is -2.06. The van der Waals surface area contributed by atoms with Crippen LogP contribution in [-0.4, -0.2) is 4.98 Å². The van der Waals surface area contributed by atoms with Crippen LogP contribution < -0.4 is 10.9 Å². The minimum Gasteiger partial charge on any atom is -0.322 e. The first-order valence-electron chi connectivity index (χ1n) is 7.17. The Morgan fingerprint density at radius 3 is 2.61 bits per heavy atom. The van der Waals surface area contributed by atoms with Gasteiger partial charge in [0.2, 0.25) is 0 Å². The lowest BCUT2D eigenvalue weighted by molar-refractivity contribution is 0.688. The van der Waals surface area contributed by atoms with Gasteiger partial charge in [-0.15, -0.1) is 0 Å². The highest BCUT2D eigenvalue weighted by atomic mass is 35.5. The zero-order chi connectivity index (χ0) is 16.2. The fourth-order valence-corrected chi connectivity index (χ4v) is 2.57. The molecule has 0 unspecified atom stereocenters. The third-order valence-electron chi connectivity index (χ3n) is 3.61. The molecule has 5 heteroatoms. The predicted octanol–water partition coefficient (Wildman–Crippen LogP) is 3.34. The quantitative estimate of drug-likeness (QED) is 0.773. The van der Waals surface area contributed by atoms with E-state index in [1.54, 1.807) is 24.3 Å². The molecule has 0 aliphatic heterocycles. The number of nitrogens with zero attached hydrogens (tertiary/aromatic N) is 1. The maximum atomic E-state index is 12.1. The van der Waals surface area contributed by atoms with E-state index in [9.17, 15) is 4.79 Å². The number of nitrogens with one attached hydrogen (secondary N) is 2. The summed E-state index contributed by atoms with van der Waals surface area (Å²) in [6.45, 7) is 1.08. The van der Waals surface area contributed by atoms with E-state index < -0.39 is 0 Å². The number of hydrogen-bond donors (Lipinski definition) is 2. The van der Waals surface area contributed by atoms with Gasteiger partial charge < -0.3 is 10.3 Å². The van der Waals surface area contributed by atoms with Crippen molar-refractivity contribution in [3.63, 3.8) is 0 Å². The Morgan fingerprint density at radius 2 is 1.87 bits per heavy atom. The Kier molecular flexibility index (Phi) is 4.42. The van der Waals surface area contributed by atoms with Gasteiger partial charge in [0.25, 0.3) is 5.56 Å². The monoisotopic (exact) mass is 323 g/mol. The van der Waals surface area contributed by atoms with Crippen molar-refractivity contribution in [3.05, 3.63) is 80.6 Å². The summed E-state index contributed by atoms with van der Waals surface area (Å²) >= 11 is 5.99. The van der Waals surface area contributed by atoms with Crippen molar-refractivity contribution in [1.82, 2.24) is 10.3 Å². The molecule has 0 radical (unpaired) electrons. The van der Waals surface area contributed by atoms with Gasteiger partial charge in [0, 0.05) is 34.6 Å². The number of nitriles is 1. The Hall–Kier alpha value is -2.61. The van der Waals surface area contributed by atoms with Crippen LogP contribution in [-0.2, 0) is 13.1 Å². The van der Waals surface area contributed by atoms with Gasteiger partial charge in [-0.05, 0) is 42.0 Å². The Morgan fingerprint density at radius 1 is 1.09 bits per heavy atom. The van der Waals surface area contributed by atoms with Crippen LogP contribution in [0.1, 0.15) is 16.7 Å². The standard InChI is InChI=1S/C18H14ClN3O/c19-16-5-6-17-14(8-16)7-15(18(23)22-17)11-21-10-13-3-1-12(9-20)2-4-13/h1-8,21H,10-11H2,(H,22,23). The Bertz CT molecular complexity index is 939. The smallest absolute Gasteiger partial charge is 0.252 e. The fraction of sp³-hybridized carbons (Fsp3) is 0.111. The number of pyridine rings is 1. The topological polar surface area (TPSA) is 68.7 Å². The number of halogens is 1. The highest BCUT2D eigenvalue weighted by Crippen LogP contribution is 2.17. The first-order valence-corrected chi connectivity index (χ1v) is 7.55. The van der Waals surface area contributed by atoms with Crippen molar-refractivity contribution in [2.75, 3.05) is 0 Å². The molecule has 1 aromatic heterocycles. The fourth-order valence-electron chi connectivity index (χ4n) is 2.39. The highest BCUT2D eigenvalue weighted by Gasteiger charge is 2.04. The van der Waals surface area contributed by atoms with Crippen molar-refractivity contribution in [2.24, 2.45) is 0 Å². The summed E-state index contributed by atoms with van der Waals surface area (Å²) in [5.41, 5.74) is 3.02. The first kappa shape index (κ1) is 15.3. The van der Waals surface area contributed by atoms with E-state index in [4.69, 9.17) is 16.9 Å². The molecule has 0 aliphatic rings. The molecule has 2 N–H and O–H groups in total. The number of hydrogen-bond acceptors (Lipinski definition) is 3. The SMILES string of the molecule is N#Cc1ccc(CNCc2cc3cc(Cl)ccc3[nH]c2=O)cc1. The van der Waals surface area contributed by atoms with Crippen molar-refractivity contribution in [3.8, 4) is 6.07 Å². The summed E-state index contributed by atoms with van der Waals surface area (Å²) in [6, 6.07) is 16.7. The van der Waals surface area contributed by atoms with E-state index in [0.29, 0.717) is 29.2 Å². The maximum absolute atomic E-state index is 12.1. The van der Waals surface area contributed by atoms with Gasteiger partial charge >= 0.3 is 0 Å². The number of aromatic amines is 1. The van der Waals surface area contributed by atoms with Gasteiger partial charge in [-0.25, -0.2) is 0 Å². The third kappa shape index (κ3) is 3.59. The van der Waals surface area contributed by atoms with E-state index >= 15 is 0 Å². The lowest BCUT2D eigenvalue weighted by Crippen LogP contribution is -2.20. The summed E-state index contributed by atoms with van der Waals surface area (Å²) in [7, 11) is 0. The van der Waals surface area contributed by atoms with E-state index in [0.717, 1.165) is 16.5 Å². The first-order chi connectivity index (χ1) is 11.2. The molecule has 2 aromatic carbocycles. The molecular weight excluding hydrogens is 310 g/mol. The zero-order valence-corrected chi connectivity index (χ0v) is 13.0. The number of aromatic nitrogens is 1. The van der Waals surface area contributed by atoms with Crippen LogP contribution in [0.2, 0.25) is 5.02 Å². The minimum atomic E-state index is -0.104. The molecule has 0 aliphatic carbocycles. The highest BCUT2D eigenvalue weighted by molar-refractivity contribution is 6.31. The number of rotatable bonds is 4. The molecule has 3 rings (SSSR count). The van der Waals surface area contributed by atoms with Crippen molar-refractivity contribution in [2.45, 2.75) is 13.1 Å². The molecule has 0 spiro atoms. The van der Waals surface area contributed by atoms with Crippen LogP contribution in [0.25, 0.3) is 10.9 Å². The van der Waals surface area contributed by atoms with Gasteiger partial charge in [-0.3, -0.25) is 4.79 Å². The predicted molar refractivity (Wildman–Crippen MR) is 91.3 cm³/mol. The average Bonchev–Trinajstić information content (AvgIpc) is 2.56. The minimum absolute atomic E-state index is 0.104. The zero-order valence-electron chi connectivity index (χ0n) is 12.3. The van der Waals surface area contributed by atoms with Crippen LogP contribution in [0.15, 0.2) is 53.3 Å². The number of H-pyrrole nitrogens is 1. The molecule has 0 fully saturated rings. The molecule has 114 valence electrons.